The van der Waals surface area contributed by atoms with E-state index in [0.29, 0.717) is 0 Å². The summed E-state index contributed by atoms with van der Waals surface area (Å²) < 4.78 is 43.5. The number of aromatic nitrogens is 4. The molecule has 112 valence electrons. The van der Waals surface area contributed by atoms with E-state index in [4.69, 9.17) is 0 Å². The quantitative estimate of drug-likeness (QED) is 0.786. The summed E-state index contributed by atoms with van der Waals surface area (Å²) in [6.45, 7) is 0. The lowest BCUT2D eigenvalue weighted by Crippen LogP contribution is -2.07. The van der Waals surface area contributed by atoms with Crippen molar-refractivity contribution in [2.45, 2.75) is 6.18 Å². The lowest BCUT2D eigenvalue weighted by atomic mass is 10.0. The Hall–Kier alpha value is -2.97. The number of hydrogen-bond acceptors (Lipinski definition) is 5. The molecule has 0 aliphatic rings. The molecule has 0 bridgehead atoms. The number of aromatic amines is 1. The topological polar surface area (TPSA) is 84.7 Å². The summed E-state index contributed by atoms with van der Waals surface area (Å²) >= 11 is 0. The van der Waals surface area contributed by atoms with E-state index in [9.17, 15) is 18.0 Å². The Bertz CT molecular complexity index is 870. The molecule has 6 nitrogen and oxygen atoms in total. The Kier molecular flexibility index (Phi) is 3.24. The van der Waals surface area contributed by atoms with Gasteiger partial charge in [0, 0.05) is 5.56 Å². The Morgan fingerprint density at radius 3 is 2.50 bits per heavy atom. The molecule has 0 spiro atoms. The lowest BCUT2D eigenvalue weighted by Gasteiger charge is -2.12. The number of nitrogens with zero attached hydrogens (tertiary/aromatic N) is 3. The molecule has 1 aromatic carbocycles. The second-order valence-electron chi connectivity index (χ2n) is 4.26. The van der Waals surface area contributed by atoms with Crippen LogP contribution >= 0.6 is 0 Å². The molecule has 22 heavy (non-hydrogen) atoms. The van der Waals surface area contributed by atoms with E-state index in [-0.39, 0.29) is 22.8 Å². The molecule has 0 aliphatic heterocycles. The maximum atomic E-state index is 13.0. The van der Waals surface area contributed by atoms with Crippen LogP contribution in [-0.2, 0) is 6.18 Å². The van der Waals surface area contributed by atoms with Gasteiger partial charge >= 0.3 is 11.9 Å². The molecule has 0 aliphatic carbocycles. The number of nitrogens with one attached hydrogen (secondary N) is 1. The van der Waals surface area contributed by atoms with Crippen LogP contribution in [-0.4, -0.2) is 20.1 Å². The van der Waals surface area contributed by atoms with Crippen molar-refractivity contribution in [3.8, 4) is 22.8 Å². The van der Waals surface area contributed by atoms with E-state index in [2.05, 4.69) is 24.6 Å². The average molecular weight is 308 g/mol. The first-order chi connectivity index (χ1) is 10.4. The van der Waals surface area contributed by atoms with Gasteiger partial charge in [-0.15, -0.1) is 0 Å². The Balaban J connectivity index is 2.13. The molecule has 3 aromatic rings. The fourth-order valence-corrected chi connectivity index (χ4v) is 1.93. The molecule has 9 heteroatoms. The highest BCUT2D eigenvalue weighted by molar-refractivity contribution is 5.67. The third-order valence-corrected chi connectivity index (χ3v) is 2.86. The summed E-state index contributed by atoms with van der Waals surface area (Å²) in [6, 6.07) is 6.34. The Morgan fingerprint density at radius 2 is 1.82 bits per heavy atom. The van der Waals surface area contributed by atoms with Gasteiger partial charge in [0.05, 0.1) is 11.3 Å². The molecule has 0 atom stereocenters. The van der Waals surface area contributed by atoms with Gasteiger partial charge in [-0.1, -0.05) is 18.2 Å². The molecule has 0 radical (unpaired) electrons. The molecule has 0 unspecified atom stereocenters. The largest absolute Gasteiger partial charge is 0.460 e. The van der Waals surface area contributed by atoms with Gasteiger partial charge in [-0.05, 0) is 12.1 Å². The highest BCUT2D eigenvalue weighted by Crippen LogP contribution is 2.36. The van der Waals surface area contributed by atoms with Gasteiger partial charge in [0.2, 0.25) is 0 Å². The first-order valence-corrected chi connectivity index (χ1v) is 5.99. The van der Waals surface area contributed by atoms with Crippen molar-refractivity contribution >= 4 is 0 Å². The summed E-state index contributed by atoms with van der Waals surface area (Å²) in [5, 5.41) is 2.23. The van der Waals surface area contributed by atoms with Crippen LogP contribution in [0.5, 0.6) is 0 Å². The van der Waals surface area contributed by atoms with Crippen LogP contribution < -0.4 is 5.76 Å². The van der Waals surface area contributed by atoms with E-state index in [1.165, 1.54) is 24.3 Å². The number of alkyl halides is 3. The number of hydrogen-bond donors (Lipinski definition) is 1. The second-order valence-corrected chi connectivity index (χ2v) is 4.26. The summed E-state index contributed by atoms with van der Waals surface area (Å²) in [4.78, 5) is 22.1. The molecule has 0 saturated carbocycles. The monoisotopic (exact) mass is 308 g/mol. The zero-order valence-corrected chi connectivity index (χ0v) is 10.8. The van der Waals surface area contributed by atoms with Crippen LogP contribution in [0.4, 0.5) is 13.2 Å². The van der Waals surface area contributed by atoms with Crippen LogP contribution in [0.25, 0.3) is 22.8 Å². The fraction of sp³-hybridized carbons (Fsp3) is 0.0769. The van der Waals surface area contributed by atoms with Gasteiger partial charge in [-0.25, -0.2) is 14.8 Å². The Morgan fingerprint density at radius 1 is 1.09 bits per heavy atom. The van der Waals surface area contributed by atoms with E-state index in [1.807, 2.05) is 0 Å². The van der Waals surface area contributed by atoms with E-state index in [1.54, 1.807) is 0 Å². The van der Waals surface area contributed by atoms with Crippen molar-refractivity contribution in [2.75, 3.05) is 0 Å². The first-order valence-electron chi connectivity index (χ1n) is 5.99. The smallest absolute Gasteiger partial charge is 0.321 e. The zero-order valence-electron chi connectivity index (χ0n) is 10.8. The summed E-state index contributed by atoms with van der Waals surface area (Å²) in [5.41, 5.74) is -0.701. The Labute approximate surface area is 120 Å². The van der Waals surface area contributed by atoms with Crippen molar-refractivity contribution in [3.05, 3.63) is 52.8 Å². The second kappa shape index (κ2) is 5.10. The van der Waals surface area contributed by atoms with Gasteiger partial charge in [0.15, 0.2) is 5.82 Å². The molecule has 3 rings (SSSR count). The fourth-order valence-electron chi connectivity index (χ4n) is 1.93. The standard InChI is InChI=1S/C13H7F3N4O2/c14-13(15,16)8-4-2-1-3-7(8)9-5-10(18-6-17-9)11-19-12(21)22-20-11/h1-6H,(H,19,20,21). The normalized spacial score (nSPS) is 11.6. The maximum absolute atomic E-state index is 13.0. The van der Waals surface area contributed by atoms with Gasteiger partial charge in [0.1, 0.15) is 12.0 Å². The van der Waals surface area contributed by atoms with Crippen LogP contribution in [0.1, 0.15) is 5.56 Å². The summed E-state index contributed by atoms with van der Waals surface area (Å²) in [6.07, 6.45) is -3.42. The number of benzene rings is 1. The van der Waals surface area contributed by atoms with Gasteiger partial charge in [-0.3, -0.25) is 0 Å². The van der Waals surface area contributed by atoms with Crippen molar-refractivity contribution in [1.82, 2.24) is 20.1 Å². The van der Waals surface area contributed by atoms with Gasteiger partial charge < -0.3 is 4.52 Å². The predicted molar refractivity (Wildman–Crippen MR) is 68.6 cm³/mol. The first kappa shape index (κ1) is 14.0. The molecular formula is C13H7F3N4O2. The molecule has 0 saturated heterocycles. The third-order valence-electron chi connectivity index (χ3n) is 2.86. The van der Waals surface area contributed by atoms with Crippen LogP contribution in [0.15, 0.2) is 46.0 Å². The highest BCUT2D eigenvalue weighted by atomic mass is 19.4. The van der Waals surface area contributed by atoms with Crippen molar-refractivity contribution in [3.63, 3.8) is 0 Å². The van der Waals surface area contributed by atoms with Gasteiger partial charge in [0.25, 0.3) is 0 Å². The molecule has 2 aromatic heterocycles. The zero-order chi connectivity index (χ0) is 15.7. The summed E-state index contributed by atoms with van der Waals surface area (Å²) in [5.74, 6) is -0.844. The van der Waals surface area contributed by atoms with Crippen molar-refractivity contribution < 1.29 is 17.7 Å². The van der Waals surface area contributed by atoms with E-state index in [0.717, 1.165) is 12.4 Å². The maximum Gasteiger partial charge on any atom is 0.460 e. The minimum Gasteiger partial charge on any atom is -0.321 e. The van der Waals surface area contributed by atoms with E-state index >= 15 is 0 Å². The lowest BCUT2D eigenvalue weighted by molar-refractivity contribution is -0.137. The van der Waals surface area contributed by atoms with Crippen LogP contribution in [0.3, 0.4) is 0 Å². The van der Waals surface area contributed by atoms with Crippen molar-refractivity contribution in [2.24, 2.45) is 0 Å². The van der Waals surface area contributed by atoms with E-state index < -0.39 is 17.5 Å². The molecule has 0 amide bonds. The molecule has 2 heterocycles. The molecule has 1 N–H and O–H groups in total. The highest BCUT2D eigenvalue weighted by Gasteiger charge is 2.33. The minimum atomic E-state index is -4.51. The van der Waals surface area contributed by atoms with Crippen molar-refractivity contribution in [1.29, 1.82) is 0 Å². The SMILES string of the molecule is O=c1nc(-c2cc(-c3ccccc3C(F)(F)F)ncn2)[nH]o1. The number of H-pyrrole nitrogens is 1. The van der Waals surface area contributed by atoms with Gasteiger partial charge in [-0.2, -0.15) is 23.3 Å². The van der Waals surface area contributed by atoms with Crippen LogP contribution in [0.2, 0.25) is 0 Å². The third kappa shape index (κ3) is 2.60. The number of halogens is 3. The average Bonchev–Trinajstić information content (AvgIpc) is 2.93. The molecular weight excluding hydrogens is 301 g/mol. The number of rotatable bonds is 2. The predicted octanol–water partition coefficient (Wildman–Crippen LogP) is 2.51. The van der Waals surface area contributed by atoms with Crippen LogP contribution in [0, 0.1) is 0 Å². The summed E-state index contributed by atoms with van der Waals surface area (Å²) in [7, 11) is 0. The molecule has 0 fully saturated rings. The minimum absolute atomic E-state index is 0.0122.